The molecule has 3 aromatic rings. The average Bonchev–Trinajstić information content (AvgIpc) is 3.39. The topological polar surface area (TPSA) is 121 Å². The van der Waals surface area contributed by atoms with Crippen LogP contribution in [0.1, 0.15) is 11.6 Å². The molecule has 0 radical (unpaired) electrons. The van der Waals surface area contributed by atoms with Crippen molar-refractivity contribution in [2.75, 3.05) is 42.9 Å². The zero-order valence-electron chi connectivity index (χ0n) is 20.0. The molecule has 0 amide bonds. The lowest BCUT2D eigenvalue weighted by molar-refractivity contribution is -0.192. The maximum Gasteiger partial charge on any atom is 0.490 e. The standard InChI is InChI=1S/C21H22ClFN4O3S2.C2HF3O2/c22-16-12-20(32(28,29)26-21-24-6-11-31-21)17(23)13-18(16)25-19(15-4-2-1-3-5-15)14-27-7-9-30-10-8-27;3-2(4,5)1(6)7/h1-6,11-13,19,25H,7-10,14H2,(H,24,26);(H,6,7). The molecule has 1 saturated heterocycles. The predicted molar refractivity (Wildman–Crippen MR) is 138 cm³/mol. The van der Waals surface area contributed by atoms with Gasteiger partial charge in [0.05, 0.1) is 30.0 Å². The van der Waals surface area contributed by atoms with E-state index in [4.69, 9.17) is 26.2 Å². The van der Waals surface area contributed by atoms with Crippen molar-refractivity contribution in [2.24, 2.45) is 0 Å². The van der Waals surface area contributed by atoms with Crippen molar-refractivity contribution < 1.29 is 40.6 Å². The molecule has 0 spiro atoms. The molecule has 39 heavy (non-hydrogen) atoms. The molecule has 1 unspecified atom stereocenters. The number of thiazole rings is 1. The number of carboxylic acid groups (broad SMARTS) is 1. The van der Waals surface area contributed by atoms with E-state index < -0.39 is 32.9 Å². The van der Waals surface area contributed by atoms with Gasteiger partial charge in [-0.2, -0.15) is 13.2 Å². The largest absolute Gasteiger partial charge is 0.490 e. The van der Waals surface area contributed by atoms with Gasteiger partial charge in [-0.1, -0.05) is 41.9 Å². The lowest BCUT2D eigenvalue weighted by Gasteiger charge is -2.31. The third kappa shape index (κ3) is 9.03. The van der Waals surface area contributed by atoms with Gasteiger partial charge in [0, 0.05) is 31.2 Å². The Morgan fingerprint density at radius 3 is 2.41 bits per heavy atom. The molecule has 16 heteroatoms. The molecule has 1 aliphatic heterocycles. The number of anilines is 2. The Balaban J connectivity index is 0.000000532. The monoisotopic (exact) mass is 610 g/mol. The van der Waals surface area contributed by atoms with Crippen LogP contribution < -0.4 is 10.0 Å². The number of morpholine rings is 1. The Bertz CT molecular complexity index is 1340. The SMILES string of the molecule is O=C(O)C(F)(F)F.O=S(=O)(Nc1nccs1)c1cc(Cl)c(NC(CN2CCOCC2)c2ccccc2)cc1F. The first-order valence-electron chi connectivity index (χ1n) is 11.2. The Labute approximate surface area is 230 Å². The highest BCUT2D eigenvalue weighted by molar-refractivity contribution is 7.93. The van der Waals surface area contributed by atoms with Gasteiger partial charge < -0.3 is 15.2 Å². The number of rotatable bonds is 8. The molecule has 1 fully saturated rings. The normalized spacial score (nSPS) is 15.1. The molecule has 1 aliphatic rings. The Kier molecular flexibility index (Phi) is 10.5. The van der Waals surface area contributed by atoms with Crippen molar-refractivity contribution in [1.82, 2.24) is 9.88 Å². The minimum Gasteiger partial charge on any atom is -0.475 e. The average molecular weight is 611 g/mol. The Morgan fingerprint density at radius 2 is 1.85 bits per heavy atom. The van der Waals surface area contributed by atoms with E-state index in [9.17, 15) is 26.0 Å². The fourth-order valence-corrected chi connectivity index (χ4v) is 5.60. The number of nitrogens with one attached hydrogen (secondary N) is 2. The molecule has 0 saturated carbocycles. The Morgan fingerprint density at radius 1 is 1.21 bits per heavy atom. The second-order valence-corrected chi connectivity index (χ2v) is 11.0. The minimum absolute atomic E-state index is 0.105. The van der Waals surface area contributed by atoms with Crippen molar-refractivity contribution in [3.8, 4) is 0 Å². The van der Waals surface area contributed by atoms with E-state index in [-0.39, 0.29) is 16.2 Å². The van der Waals surface area contributed by atoms with Gasteiger partial charge in [-0.3, -0.25) is 9.62 Å². The second-order valence-electron chi connectivity index (χ2n) is 8.03. The molecule has 3 N–H and O–H groups in total. The molecule has 0 aliphatic carbocycles. The first-order valence-corrected chi connectivity index (χ1v) is 13.9. The van der Waals surface area contributed by atoms with Crippen LogP contribution in [0.5, 0.6) is 0 Å². The summed E-state index contributed by atoms with van der Waals surface area (Å²) in [5.74, 6) is -3.66. The highest BCUT2D eigenvalue weighted by Gasteiger charge is 2.38. The van der Waals surface area contributed by atoms with Crippen molar-refractivity contribution >= 4 is 49.7 Å². The lowest BCUT2D eigenvalue weighted by atomic mass is 10.1. The quantitative estimate of drug-likeness (QED) is 0.310. The summed E-state index contributed by atoms with van der Waals surface area (Å²) in [7, 11) is -4.17. The summed E-state index contributed by atoms with van der Waals surface area (Å²) in [6.45, 7) is 3.58. The summed E-state index contributed by atoms with van der Waals surface area (Å²) in [5.41, 5.74) is 1.33. The zero-order valence-corrected chi connectivity index (χ0v) is 22.4. The summed E-state index contributed by atoms with van der Waals surface area (Å²) in [4.78, 5) is 14.5. The maximum absolute atomic E-state index is 14.9. The molecule has 212 valence electrons. The predicted octanol–water partition coefficient (Wildman–Crippen LogP) is 4.86. The number of ether oxygens (including phenoxy) is 1. The van der Waals surface area contributed by atoms with Crippen LogP contribution >= 0.6 is 22.9 Å². The smallest absolute Gasteiger partial charge is 0.475 e. The first kappa shape index (κ1) is 30.6. The molecule has 1 atom stereocenters. The third-order valence-electron chi connectivity index (χ3n) is 5.28. The highest BCUT2D eigenvalue weighted by Crippen LogP contribution is 2.32. The van der Waals surface area contributed by atoms with Crippen LogP contribution in [0.2, 0.25) is 5.02 Å². The summed E-state index contributed by atoms with van der Waals surface area (Å²) in [6, 6.07) is 11.8. The number of hydrogen-bond donors (Lipinski definition) is 3. The number of carboxylic acids is 1. The number of carbonyl (C=O) groups is 1. The van der Waals surface area contributed by atoms with Gasteiger partial charge in [0.15, 0.2) is 5.13 Å². The van der Waals surface area contributed by atoms with Crippen molar-refractivity contribution in [3.63, 3.8) is 0 Å². The second kappa shape index (κ2) is 13.4. The lowest BCUT2D eigenvalue weighted by Crippen LogP contribution is -2.40. The van der Waals surface area contributed by atoms with E-state index in [0.717, 1.165) is 42.1 Å². The third-order valence-corrected chi connectivity index (χ3v) is 7.77. The number of hydrogen-bond acceptors (Lipinski definition) is 8. The Hall–Kier alpha value is -2.98. The number of nitrogens with zero attached hydrogens (tertiary/aromatic N) is 2. The van der Waals surface area contributed by atoms with E-state index in [1.54, 1.807) is 5.38 Å². The fourth-order valence-electron chi connectivity index (χ4n) is 3.44. The van der Waals surface area contributed by atoms with Crippen LogP contribution in [0, 0.1) is 5.82 Å². The van der Waals surface area contributed by atoms with Crippen molar-refractivity contribution in [3.05, 3.63) is 70.4 Å². The van der Waals surface area contributed by atoms with Crippen LogP contribution in [-0.4, -0.2) is 68.4 Å². The van der Waals surface area contributed by atoms with Gasteiger partial charge in [0.25, 0.3) is 10.0 Å². The van der Waals surface area contributed by atoms with Crippen LogP contribution in [0.25, 0.3) is 0 Å². The van der Waals surface area contributed by atoms with Crippen LogP contribution in [0.15, 0.2) is 58.9 Å². The van der Waals surface area contributed by atoms with E-state index in [1.807, 2.05) is 30.3 Å². The molecular weight excluding hydrogens is 588 g/mol. The first-order chi connectivity index (χ1) is 18.4. The number of benzene rings is 2. The van der Waals surface area contributed by atoms with Crippen LogP contribution in [-0.2, 0) is 19.6 Å². The van der Waals surface area contributed by atoms with Gasteiger partial charge in [-0.25, -0.2) is 22.6 Å². The van der Waals surface area contributed by atoms with Gasteiger partial charge >= 0.3 is 12.1 Å². The molecular formula is C23H23ClF4N4O5S2. The summed E-state index contributed by atoms with van der Waals surface area (Å²) in [5, 5.41) is 12.3. The number of sulfonamides is 1. The van der Waals surface area contributed by atoms with Gasteiger partial charge in [-0.05, 0) is 17.7 Å². The number of alkyl halides is 3. The van der Waals surface area contributed by atoms with Gasteiger partial charge in [0.2, 0.25) is 0 Å². The molecule has 2 heterocycles. The van der Waals surface area contributed by atoms with E-state index in [1.165, 1.54) is 6.20 Å². The molecule has 1 aromatic heterocycles. The number of aliphatic carboxylic acids is 1. The molecule has 0 bridgehead atoms. The van der Waals surface area contributed by atoms with Gasteiger partial charge in [0.1, 0.15) is 10.7 Å². The van der Waals surface area contributed by atoms with Crippen LogP contribution in [0.3, 0.4) is 0 Å². The van der Waals surface area contributed by atoms with Crippen LogP contribution in [0.4, 0.5) is 28.4 Å². The minimum atomic E-state index is -5.08. The molecule has 4 rings (SSSR count). The summed E-state index contributed by atoms with van der Waals surface area (Å²) < 4.78 is 79.5. The fraction of sp³-hybridized carbons (Fsp3) is 0.304. The van der Waals surface area contributed by atoms with Gasteiger partial charge in [-0.15, -0.1) is 11.3 Å². The van der Waals surface area contributed by atoms with E-state index in [0.29, 0.717) is 25.4 Å². The number of halogens is 5. The maximum atomic E-state index is 14.9. The van der Waals surface area contributed by atoms with Crippen molar-refractivity contribution in [2.45, 2.75) is 17.1 Å². The summed E-state index contributed by atoms with van der Waals surface area (Å²) in [6.07, 6.45) is -3.63. The highest BCUT2D eigenvalue weighted by atomic mass is 35.5. The van der Waals surface area contributed by atoms with E-state index in [2.05, 4.69) is 19.9 Å². The van der Waals surface area contributed by atoms with E-state index >= 15 is 0 Å². The van der Waals surface area contributed by atoms with Crippen molar-refractivity contribution in [1.29, 1.82) is 0 Å². The summed E-state index contributed by atoms with van der Waals surface area (Å²) >= 11 is 7.49. The zero-order chi connectivity index (χ0) is 28.6. The molecule has 2 aromatic carbocycles. The number of aromatic nitrogens is 1. The molecule has 9 nitrogen and oxygen atoms in total.